The molecule has 2 aromatic rings. The molecular weight excluding hydrogens is 266 g/mol. The molecule has 0 unspecified atom stereocenters. The fraction of sp³-hybridized carbons (Fsp3) is 0.353. The van der Waals surface area contributed by atoms with Gasteiger partial charge in [0.25, 0.3) is 0 Å². The first-order chi connectivity index (χ1) is 10.2. The number of rotatable bonds is 7. The van der Waals surface area contributed by atoms with Crippen molar-refractivity contribution in [1.29, 1.82) is 0 Å². The molecule has 4 nitrogen and oxygen atoms in total. The standard InChI is InChI=1S/C17H21NO3/c1-13-6-3-8-16(14(13)2)21-11-5-9-17(19)18-12-15-7-4-10-20-15/h3-4,6-8,10H,5,9,11-12H2,1-2H3,(H,18,19). The van der Waals surface area contributed by atoms with Crippen LogP contribution in [0, 0.1) is 13.8 Å². The van der Waals surface area contributed by atoms with E-state index in [1.165, 1.54) is 5.56 Å². The third kappa shape index (κ3) is 4.67. The minimum atomic E-state index is 0.0102. The van der Waals surface area contributed by atoms with Gasteiger partial charge in [-0.1, -0.05) is 12.1 Å². The molecule has 0 atom stereocenters. The Hall–Kier alpha value is -2.23. The summed E-state index contributed by atoms with van der Waals surface area (Å²) in [7, 11) is 0. The summed E-state index contributed by atoms with van der Waals surface area (Å²) >= 11 is 0. The van der Waals surface area contributed by atoms with Gasteiger partial charge in [-0.05, 0) is 49.6 Å². The van der Waals surface area contributed by atoms with Gasteiger partial charge >= 0.3 is 0 Å². The highest BCUT2D eigenvalue weighted by Gasteiger charge is 2.04. The first-order valence-corrected chi connectivity index (χ1v) is 7.15. The Labute approximate surface area is 125 Å². The molecule has 1 aromatic carbocycles. The van der Waals surface area contributed by atoms with Crippen LogP contribution in [0.25, 0.3) is 0 Å². The number of benzene rings is 1. The molecule has 0 fully saturated rings. The van der Waals surface area contributed by atoms with E-state index in [9.17, 15) is 4.79 Å². The molecule has 1 aromatic heterocycles. The smallest absolute Gasteiger partial charge is 0.220 e. The Bertz CT molecular complexity index is 576. The minimum Gasteiger partial charge on any atom is -0.493 e. The Morgan fingerprint density at radius 1 is 1.24 bits per heavy atom. The van der Waals surface area contributed by atoms with E-state index in [1.54, 1.807) is 12.3 Å². The van der Waals surface area contributed by atoms with Crippen LogP contribution >= 0.6 is 0 Å². The average molecular weight is 287 g/mol. The number of furan rings is 1. The third-order valence-electron chi connectivity index (χ3n) is 3.40. The summed E-state index contributed by atoms with van der Waals surface area (Å²) in [6.07, 6.45) is 2.74. The van der Waals surface area contributed by atoms with Gasteiger partial charge in [0.05, 0.1) is 19.4 Å². The number of ether oxygens (including phenoxy) is 1. The Balaban J connectivity index is 1.65. The second-order valence-corrected chi connectivity index (χ2v) is 5.01. The van der Waals surface area contributed by atoms with Gasteiger partial charge < -0.3 is 14.5 Å². The van der Waals surface area contributed by atoms with E-state index in [2.05, 4.69) is 18.3 Å². The van der Waals surface area contributed by atoms with Crippen molar-refractivity contribution in [1.82, 2.24) is 5.32 Å². The number of hydrogen-bond acceptors (Lipinski definition) is 3. The Kier molecular flexibility index (Phi) is 5.43. The van der Waals surface area contributed by atoms with E-state index < -0.39 is 0 Å². The fourth-order valence-electron chi connectivity index (χ4n) is 1.98. The fourth-order valence-corrected chi connectivity index (χ4v) is 1.98. The van der Waals surface area contributed by atoms with Gasteiger partial charge in [0.15, 0.2) is 0 Å². The number of carbonyl (C=O) groups is 1. The lowest BCUT2D eigenvalue weighted by Crippen LogP contribution is -2.22. The van der Waals surface area contributed by atoms with E-state index in [0.717, 1.165) is 17.1 Å². The molecule has 0 saturated carbocycles. The van der Waals surface area contributed by atoms with Crippen molar-refractivity contribution in [3.8, 4) is 5.75 Å². The lowest BCUT2D eigenvalue weighted by molar-refractivity contribution is -0.121. The topological polar surface area (TPSA) is 51.5 Å². The van der Waals surface area contributed by atoms with Crippen LogP contribution in [0.3, 0.4) is 0 Å². The normalized spacial score (nSPS) is 10.4. The van der Waals surface area contributed by atoms with Crippen molar-refractivity contribution in [2.24, 2.45) is 0 Å². The number of aryl methyl sites for hydroxylation is 1. The van der Waals surface area contributed by atoms with Crippen LogP contribution in [0.15, 0.2) is 41.0 Å². The van der Waals surface area contributed by atoms with Gasteiger partial charge in [-0.2, -0.15) is 0 Å². The molecule has 112 valence electrons. The molecular formula is C17H21NO3. The maximum Gasteiger partial charge on any atom is 0.220 e. The Morgan fingerprint density at radius 3 is 2.86 bits per heavy atom. The molecule has 1 amide bonds. The van der Waals surface area contributed by atoms with Crippen molar-refractivity contribution in [2.45, 2.75) is 33.2 Å². The van der Waals surface area contributed by atoms with E-state index >= 15 is 0 Å². The molecule has 0 spiro atoms. The van der Waals surface area contributed by atoms with Crippen LogP contribution in [0.2, 0.25) is 0 Å². The maximum atomic E-state index is 11.7. The van der Waals surface area contributed by atoms with Crippen molar-refractivity contribution in [3.63, 3.8) is 0 Å². The molecule has 1 N–H and O–H groups in total. The maximum absolute atomic E-state index is 11.7. The second kappa shape index (κ2) is 7.53. The molecule has 21 heavy (non-hydrogen) atoms. The van der Waals surface area contributed by atoms with Gasteiger partial charge in [0.2, 0.25) is 5.91 Å². The SMILES string of the molecule is Cc1cccc(OCCCC(=O)NCc2ccco2)c1C. The highest BCUT2D eigenvalue weighted by Crippen LogP contribution is 2.20. The molecule has 0 aliphatic rings. The first-order valence-electron chi connectivity index (χ1n) is 7.15. The molecule has 0 bridgehead atoms. The molecule has 0 radical (unpaired) electrons. The molecule has 0 saturated heterocycles. The quantitative estimate of drug-likeness (QED) is 0.794. The van der Waals surface area contributed by atoms with Crippen LogP contribution in [0.4, 0.5) is 0 Å². The first kappa shape index (κ1) is 15.2. The molecule has 0 aliphatic heterocycles. The largest absolute Gasteiger partial charge is 0.493 e. The van der Waals surface area contributed by atoms with Gasteiger partial charge in [-0.15, -0.1) is 0 Å². The predicted molar refractivity (Wildman–Crippen MR) is 81.2 cm³/mol. The van der Waals surface area contributed by atoms with E-state index in [0.29, 0.717) is 26.0 Å². The monoisotopic (exact) mass is 287 g/mol. The summed E-state index contributed by atoms with van der Waals surface area (Å²) in [4.78, 5) is 11.7. The molecule has 4 heteroatoms. The zero-order valence-electron chi connectivity index (χ0n) is 12.5. The number of carbonyl (C=O) groups excluding carboxylic acids is 1. The van der Waals surface area contributed by atoms with Crippen LogP contribution in [-0.4, -0.2) is 12.5 Å². The zero-order valence-corrected chi connectivity index (χ0v) is 12.5. The van der Waals surface area contributed by atoms with Gasteiger partial charge in [-0.3, -0.25) is 4.79 Å². The summed E-state index contributed by atoms with van der Waals surface area (Å²) in [5.41, 5.74) is 2.36. The summed E-state index contributed by atoms with van der Waals surface area (Å²) in [6.45, 7) is 5.08. The van der Waals surface area contributed by atoms with E-state index in [4.69, 9.17) is 9.15 Å². The van der Waals surface area contributed by atoms with Crippen molar-refractivity contribution in [2.75, 3.05) is 6.61 Å². The Morgan fingerprint density at radius 2 is 2.10 bits per heavy atom. The highest BCUT2D eigenvalue weighted by molar-refractivity contribution is 5.75. The summed E-state index contributed by atoms with van der Waals surface area (Å²) in [5, 5.41) is 2.82. The lowest BCUT2D eigenvalue weighted by atomic mass is 10.1. The van der Waals surface area contributed by atoms with Crippen molar-refractivity contribution >= 4 is 5.91 Å². The highest BCUT2D eigenvalue weighted by atomic mass is 16.5. The summed E-state index contributed by atoms with van der Waals surface area (Å²) in [5.74, 6) is 1.66. The van der Waals surface area contributed by atoms with Gasteiger partial charge in [0.1, 0.15) is 11.5 Å². The van der Waals surface area contributed by atoms with Crippen LogP contribution in [0.1, 0.15) is 29.7 Å². The van der Waals surface area contributed by atoms with Crippen LogP contribution in [0.5, 0.6) is 5.75 Å². The van der Waals surface area contributed by atoms with Crippen molar-refractivity contribution in [3.05, 3.63) is 53.5 Å². The lowest BCUT2D eigenvalue weighted by Gasteiger charge is -2.10. The van der Waals surface area contributed by atoms with Crippen molar-refractivity contribution < 1.29 is 13.9 Å². The van der Waals surface area contributed by atoms with Gasteiger partial charge in [0, 0.05) is 6.42 Å². The second-order valence-electron chi connectivity index (χ2n) is 5.01. The summed E-state index contributed by atoms with van der Waals surface area (Å²) in [6, 6.07) is 9.64. The summed E-state index contributed by atoms with van der Waals surface area (Å²) < 4.78 is 10.9. The molecule has 0 aliphatic carbocycles. The van der Waals surface area contributed by atoms with E-state index in [-0.39, 0.29) is 5.91 Å². The van der Waals surface area contributed by atoms with Gasteiger partial charge in [-0.25, -0.2) is 0 Å². The number of nitrogens with one attached hydrogen (secondary N) is 1. The molecule has 1 heterocycles. The number of amides is 1. The average Bonchev–Trinajstić information content (AvgIpc) is 2.99. The zero-order chi connectivity index (χ0) is 15.1. The van der Waals surface area contributed by atoms with Crippen LogP contribution < -0.4 is 10.1 Å². The third-order valence-corrected chi connectivity index (χ3v) is 3.40. The number of hydrogen-bond donors (Lipinski definition) is 1. The van der Waals surface area contributed by atoms with E-state index in [1.807, 2.05) is 25.1 Å². The predicted octanol–water partition coefficient (Wildman–Crippen LogP) is 3.37. The molecule has 2 rings (SSSR count). The minimum absolute atomic E-state index is 0.0102. The van der Waals surface area contributed by atoms with Crippen LogP contribution in [-0.2, 0) is 11.3 Å².